The van der Waals surface area contributed by atoms with E-state index in [-0.39, 0.29) is 12.4 Å². The molecule has 130 valence electrons. The van der Waals surface area contributed by atoms with Gasteiger partial charge in [-0.25, -0.2) is 0 Å². The van der Waals surface area contributed by atoms with Crippen LogP contribution < -0.4 is 15.4 Å². The first-order valence-electron chi connectivity index (χ1n) is 8.26. The van der Waals surface area contributed by atoms with Crippen LogP contribution in [0.3, 0.4) is 0 Å². The Bertz CT molecular complexity index is 452. The molecule has 0 bridgehead atoms. The van der Waals surface area contributed by atoms with Gasteiger partial charge in [0, 0.05) is 30.2 Å². The van der Waals surface area contributed by atoms with Crippen LogP contribution in [0, 0.1) is 5.92 Å². The minimum atomic E-state index is 0. The van der Waals surface area contributed by atoms with Crippen LogP contribution in [0.4, 0.5) is 0 Å². The molecule has 23 heavy (non-hydrogen) atoms. The second-order valence-corrected chi connectivity index (χ2v) is 6.53. The summed E-state index contributed by atoms with van der Waals surface area (Å²) in [6.07, 6.45) is 3.85. The van der Waals surface area contributed by atoms with Crippen molar-refractivity contribution in [1.29, 1.82) is 0 Å². The Hall–Kier alpha value is -0.520. The van der Waals surface area contributed by atoms with E-state index in [2.05, 4.69) is 10.6 Å². The third-order valence-corrected chi connectivity index (χ3v) is 4.88. The maximum absolute atomic E-state index is 5.86. The van der Waals surface area contributed by atoms with Gasteiger partial charge in [-0.05, 0) is 43.0 Å². The fourth-order valence-corrected chi connectivity index (χ4v) is 3.65. The number of ether oxygens (including phenoxy) is 2. The van der Waals surface area contributed by atoms with E-state index in [0.717, 1.165) is 37.1 Å². The monoisotopic (exact) mass is 360 g/mol. The van der Waals surface area contributed by atoms with E-state index in [1.54, 1.807) is 0 Å². The fourth-order valence-electron chi connectivity index (χ4n) is 3.53. The van der Waals surface area contributed by atoms with Crippen molar-refractivity contribution in [2.45, 2.75) is 31.3 Å². The summed E-state index contributed by atoms with van der Waals surface area (Å²) < 4.78 is 11.4. The van der Waals surface area contributed by atoms with E-state index in [0.29, 0.717) is 24.6 Å². The van der Waals surface area contributed by atoms with Crippen molar-refractivity contribution in [2.24, 2.45) is 5.92 Å². The number of hydrogen-bond donors (Lipinski definition) is 2. The van der Waals surface area contributed by atoms with Crippen LogP contribution in [0.1, 0.15) is 19.3 Å². The van der Waals surface area contributed by atoms with Crippen molar-refractivity contribution in [3.05, 3.63) is 29.3 Å². The normalized spacial score (nSPS) is 27.4. The number of hydrogen-bond acceptors (Lipinski definition) is 4. The highest BCUT2D eigenvalue weighted by atomic mass is 35.5. The number of benzene rings is 1. The van der Waals surface area contributed by atoms with Crippen molar-refractivity contribution in [1.82, 2.24) is 10.6 Å². The predicted molar refractivity (Wildman–Crippen MR) is 95.9 cm³/mol. The largest absolute Gasteiger partial charge is 0.492 e. The van der Waals surface area contributed by atoms with Crippen molar-refractivity contribution in [3.8, 4) is 5.75 Å². The topological polar surface area (TPSA) is 42.5 Å². The molecule has 1 aromatic rings. The van der Waals surface area contributed by atoms with Gasteiger partial charge in [-0.3, -0.25) is 0 Å². The highest BCUT2D eigenvalue weighted by Gasteiger charge is 2.34. The standard InChI is InChI=1S/C17H25ClN2O2.ClH/c18-13-4-6-14(7-5-13)22-11-9-19-16-3-1-2-15(16)17-12-21-10-8-20-17;/h4-7,15-17,19-20H,1-3,8-12H2;1H. The summed E-state index contributed by atoms with van der Waals surface area (Å²) >= 11 is 5.86. The Labute approximate surface area is 149 Å². The highest BCUT2D eigenvalue weighted by molar-refractivity contribution is 6.30. The zero-order valence-corrected chi connectivity index (χ0v) is 14.9. The molecule has 1 saturated heterocycles. The van der Waals surface area contributed by atoms with Crippen LogP contribution in [0.15, 0.2) is 24.3 Å². The maximum Gasteiger partial charge on any atom is 0.119 e. The lowest BCUT2D eigenvalue weighted by Crippen LogP contribution is -2.51. The van der Waals surface area contributed by atoms with E-state index < -0.39 is 0 Å². The summed E-state index contributed by atoms with van der Waals surface area (Å²) in [5.41, 5.74) is 0. The molecule has 2 aliphatic rings. The number of nitrogens with one attached hydrogen (secondary N) is 2. The predicted octanol–water partition coefficient (Wildman–Crippen LogP) is 2.89. The quantitative estimate of drug-likeness (QED) is 0.765. The van der Waals surface area contributed by atoms with Crippen LogP contribution in [0.2, 0.25) is 5.02 Å². The van der Waals surface area contributed by atoms with E-state index in [1.165, 1.54) is 19.3 Å². The van der Waals surface area contributed by atoms with Crippen LogP contribution in [-0.4, -0.2) is 45.0 Å². The Kier molecular flexibility index (Phi) is 7.93. The first-order chi connectivity index (χ1) is 10.8. The molecule has 1 aliphatic carbocycles. The molecular weight excluding hydrogens is 335 g/mol. The molecule has 2 fully saturated rings. The molecule has 4 nitrogen and oxygen atoms in total. The van der Waals surface area contributed by atoms with Gasteiger partial charge in [-0.1, -0.05) is 18.0 Å². The van der Waals surface area contributed by atoms with E-state index in [4.69, 9.17) is 21.1 Å². The van der Waals surface area contributed by atoms with Crippen molar-refractivity contribution >= 4 is 24.0 Å². The third-order valence-electron chi connectivity index (χ3n) is 4.63. The van der Waals surface area contributed by atoms with Crippen LogP contribution >= 0.6 is 24.0 Å². The molecule has 1 aromatic carbocycles. The lowest BCUT2D eigenvalue weighted by atomic mass is 9.94. The summed E-state index contributed by atoms with van der Waals surface area (Å²) in [7, 11) is 0. The number of morpholine rings is 1. The van der Waals surface area contributed by atoms with Gasteiger partial charge in [0.1, 0.15) is 12.4 Å². The first kappa shape index (κ1) is 18.8. The molecule has 3 atom stereocenters. The van der Waals surface area contributed by atoms with Gasteiger partial charge in [0.25, 0.3) is 0 Å². The molecule has 3 unspecified atom stereocenters. The molecule has 1 saturated carbocycles. The molecule has 0 aromatic heterocycles. The molecule has 0 spiro atoms. The Morgan fingerprint density at radius 3 is 2.83 bits per heavy atom. The summed E-state index contributed by atoms with van der Waals surface area (Å²) in [6, 6.07) is 8.60. The zero-order chi connectivity index (χ0) is 15.2. The lowest BCUT2D eigenvalue weighted by Gasteiger charge is -2.33. The van der Waals surface area contributed by atoms with Gasteiger partial charge in [-0.15, -0.1) is 12.4 Å². The Morgan fingerprint density at radius 2 is 2.09 bits per heavy atom. The minimum absolute atomic E-state index is 0. The average molecular weight is 361 g/mol. The van der Waals surface area contributed by atoms with Gasteiger partial charge in [0.05, 0.1) is 13.2 Å². The molecule has 6 heteroatoms. The average Bonchev–Trinajstić information content (AvgIpc) is 3.02. The van der Waals surface area contributed by atoms with E-state index >= 15 is 0 Å². The lowest BCUT2D eigenvalue weighted by molar-refractivity contribution is 0.0523. The second kappa shape index (κ2) is 9.70. The first-order valence-corrected chi connectivity index (χ1v) is 8.63. The molecule has 0 amide bonds. The summed E-state index contributed by atoms with van der Waals surface area (Å²) in [6.45, 7) is 4.23. The third kappa shape index (κ3) is 5.50. The molecule has 1 aliphatic heterocycles. The smallest absolute Gasteiger partial charge is 0.119 e. The number of rotatable bonds is 6. The van der Waals surface area contributed by atoms with Crippen LogP contribution in [0.5, 0.6) is 5.75 Å². The Balaban J connectivity index is 0.00000192. The maximum atomic E-state index is 5.86. The molecule has 3 rings (SSSR count). The summed E-state index contributed by atoms with van der Waals surface area (Å²) in [4.78, 5) is 0. The van der Waals surface area contributed by atoms with Crippen molar-refractivity contribution < 1.29 is 9.47 Å². The zero-order valence-electron chi connectivity index (χ0n) is 13.3. The van der Waals surface area contributed by atoms with Gasteiger partial charge in [0.15, 0.2) is 0 Å². The van der Waals surface area contributed by atoms with E-state index in [9.17, 15) is 0 Å². The fraction of sp³-hybridized carbons (Fsp3) is 0.647. The number of halogens is 2. The minimum Gasteiger partial charge on any atom is -0.492 e. The molecular formula is C17H26Cl2N2O2. The van der Waals surface area contributed by atoms with Gasteiger partial charge < -0.3 is 20.1 Å². The molecule has 0 radical (unpaired) electrons. The van der Waals surface area contributed by atoms with Gasteiger partial charge >= 0.3 is 0 Å². The van der Waals surface area contributed by atoms with Crippen LogP contribution in [0.25, 0.3) is 0 Å². The molecule has 2 N–H and O–H groups in total. The summed E-state index contributed by atoms with van der Waals surface area (Å²) in [5.74, 6) is 1.55. The highest BCUT2D eigenvalue weighted by Crippen LogP contribution is 2.29. The Morgan fingerprint density at radius 1 is 1.26 bits per heavy atom. The van der Waals surface area contributed by atoms with Gasteiger partial charge in [0.2, 0.25) is 0 Å². The molecule has 1 heterocycles. The summed E-state index contributed by atoms with van der Waals surface area (Å²) in [5, 5.41) is 8.01. The van der Waals surface area contributed by atoms with Gasteiger partial charge in [-0.2, -0.15) is 0 Å². The van der Waals surface area contributed by atoms with E-state index in [1.807, 2.05) is 24.3 Å². The van der Waals surface area contributed by atoms with Crippen molar-refractivity contribution in [3.63, 3.8) is 0 Å². The SMILES string of the molecule is Cl.Clc1ccc(OCCNC2CCCC2C2COCCN2)cc1. The van der Waals surface area contributed by atoms with Crippen LogP contribution in [-0.2, 0) is 4.74 Å². The second-order valence-electron chi connectivity index (χ2n) is 6.09. The van der Waals surface area contributed by atoms with Crippen molar-refractivity contribution in [2.75, 3.05) is 32.9 Å².